The average molecular weight is 253 g/mol. The average Bonchev–Trinajstić information content (AvgIpc) is 2.84. The quantitative estimate of drug-likeness (QED) is 0.881. The number of aliphatic hydroxyl groups is 1. The summed E-state index contributed by atoms with van der Waals surface area (Å²) in [5, 5.41) is 14.2. The van der Waals surface area contributed by atoms with Crippen molar-refractivity contribution >= 4 is 5.69 Å². The van der Waals surface area contributed by atoms with Crippen molar-refractivity contribution in [1.82, 2.24) is 0 Å². The van der Waals surface area contributed by atoms with E-state index in [1.165, 1.54) is 11.1 Å². The second-order valence-electron chi connectivity index (χ2n) is 5.58. The van der Waals surface area contributed by atoms with Crippen LogP contribution >= 0.6 is 0 Å². The molecule has 3 rings (SSSR count). The van der Waals surface area contributed by atoms with Gasteiger partial charge in [-0.2, -0.15) is 0 Å². The highest BCUT2D eigenvalue weighted by molar-refractivity contribution is 5.57. The Bertz CT molecular complexity index is 537. The third-order valence-corrected chi connectivity index (χ3v) is 3.93. The van der Waals surface area contributed by atoms with Crippen LogP contribution in [0.2, 0.25) is 0 Å². The summed E-state index contributed by atoms with van der Waals surface area (Å²) >= 11 is 0. The third kappa shape index (κ3) is 2.49. The molecule has 0 aliphatic carbocycles. The molecule has 0 radical (unpaired) electrons. The van der Waals surface area contributed by atoms with Crippen molar-refractivity contribution in [3.8, 4) is 0 Å². The van der Waals surface area contributed by atoms with Crippen molar-refractivity contribution in [3.63, 3.8) is 0 Å². The van der Waals surface area contributed by atoms with Crippen LogP contribution < -0.4 is 5.32 Å². The highest BCUT2D eigenvalue weighted by Crippen LogP contribution is 2.31. The lowest BCUT2D eigenvalue weighted by atomic mass is 9.87. The minimum absolute atomic E-state index is 0.0742. The molecule has 0 spiro atoms. The van der Waals surface area contributed by atoms with Gasteiger partial charge in [0.25, 0.3) is 0 Å². The molecule has 19 heavy (non-hydrogen) atoms. The van der Waals surface area contributed by atoms with Gasteiger partial charge in [-0.3, -0.25) is 0 Å². The SMILES string of the molecule is CC(O)(Cc1ccccc1)C1Cc2ccccc2N1. The van der Waals surface area contributed by atoms with E-state index in [2.05, 4.69) is 35.6 Å². The molecule has 2 aromatic rings. The zero-order chi connectivity index (χ0) is 13.3. The molecule has 0 saturated heterocycles. The van der Waals surface area contributed by atoms with Crippen molar-refractivity contribution < 1.29 is 5.11 Å². The van der Waals surface area contributed by atoms with Crippen LogP contribution in [0.5, 0.6) is 0 Å². The van der Waals surface area contributed by atoms with E-state index in [0.29, 0.717) is 6.42 Å². The molecule has 1 heterocycles. The van der Waals surface area contributed by atoms with Crippen LogP contribution in [0.15, 0.2) is 54.6 Å². The molecular formula is C17H19NO. The summed E-state index contributed by atoms with van der Waals surface area (Å²) in [5.74, 6) is 0. The Morgan fingerprint density at radius 3 is 2.53 bits per heavy atom. The van der Waals surface area contributed by atoms with Crippen LogP contribution in [0.4, 0.5) is 5.69 Å². The predicted molar refractivity (Wildman–Crippen MR) is 78.3 cm³/mol. The Balaban J connectivity index is 1.76. The van der Waals surface area contributed by atoms with Crippen LogP contribution in [0, 0.1) is 0 Å². The lowest BCUT2D eigenvalue weighted by Crippen LogP contribution is -2.45. The summed E-state index contributed by atoms with van der Waals surface area (Å²) in [7, 11) is 0. The first kappa shape index (κ1) is 12.2. The van der Waals surface area contributed by atoms with Crippen LogP contribution in [0.3, 0.4) is 0 Å². The van der Waals surface area contributed by atoms with Gasteiger partial charge >= 0.3 is 0 Å². The second-order valence-corrected chi connectivity index (χ2v) is 5.58. The van der Waals surface area contributed by atoms with E-state index in [4.69, 9.17) is 0 Å². The minimum Gasteiger partial charge on any atom is -0.388 e. The number of hydrogen-bond acceptors (Lipinski definition) is 2. The lowest BCUT2D eigenvalue weighted by molar-refractivity contribution is 0.0420. The number of benzene rings is 2. The summed E-state index contributed by atoms with van der Waals surface area (Å²) in [4.78, 5) is 0. The number of para-hydroxylation sites is 1. The highest BCUT2D eigenvalue weighted by atomic mass is 16.3. The Morgan fingerprint density at radius 2 is 1.79 bits per heavy atom. The Hall–Kier alpha value is -1.80. The molecule has 2 atom stereocenters. The molecule has 0 amide bonds. The summed E-state index contributed by atoms with van der Waals surface area (Å²) < 4.78 is 0. The smallest absolute Gasteiger partial charge is 0.0863 e. The van der Waals surface area contributed by atoms with E-state index in [0.717, 1.165) is 12.1 Å². The fraction of sp³-hybridized carbons (Fsp3) is 0.294. The van der Waals surface area contributed by atoms with E-state index in [-0.39, 0.29) is 6.04 Å². The number of rotatable bonds is 3. The highest BCUT2D eigenvalue weighted by Gasteiger charge is 2.36. The molecule has 0 bridgehead atoms. The van der Waals surface area contributed by atoms with Crippen molar-refractivity contribution in [2.75, 3.05) is 5.32 Å². The zero-order valence-corrected chi connectivity index (χ0v) is 11.1. The maximum Gasteiger partial charge on any atom is 0.0863 e. The lowest BCUT2D eigenvalue weighted by Gasteiger charge is -2.30. The first-order valence-corrected chi connectivity index (χ1v) is 6.76. The van der Waals surface area contributed by atoms with Crippen molar-refractivity contribution in [1.29, 1.82) is 0 Å². The summed E-state index contributed by atoms with van der Waals surface area (Å²) in [6.45, 7) is 1.92. The van der Waals surface area contributed by atoms with Crippen LogP contribution in [0.25, 0.3) is 0 Å². The monoisotopic (exact) mass is 253 g/mol. The fourth-order valence-corrected chi connectivity index (χ4v) is 2.81. The predicted octanol–water partition coefficient (Wildman–Crippen LogP) is 3.02. The van der Waals surface area contributed by atoms with Crippen molar-refractivity contribution in [3.05, 3.63) is 65.7 Å². The van der Waals surface area contributed by atoms with E-state index < -0.39 is 5.60 Å². The van der Waals surface area contributed by atoms with Gasteiger partial charge in [-0.15, -0.1) is 0 Å². The maximum atomic E-state index is 10.8. The number of fused-ring (bicyclic) bond motifs is 1. The first-order valence-electron chi connectivity index (χ1n) is 6.76. The molecular weight excluding hydrogens is 234 g/mol. The maximum absolute atomic E-state index is 10.8. The van der Waals surface area contributed by atoms with Gasteiger partial charge in [0, 0.05) is 12.1 Å². The van der Waals surface area contributed by atoms with Crippen LogP contribution in [-0.4, -0.2) is 16.7 Å². The van der Waals surface area contributed by atoms with Crippen LogP contribution in [0.1, 0.15) is 18.1 Å². The van der Waals surface area contributed by atoms with E-state index in [9.17, 15) is 5.11 Å². The van der Waals surface area contributed by atoms with Gasteiger partial charge in [0.05, 0.1) is 11.6 Å². The Labute approximate surface area is 114 Å². The molecule has 2 nitrogen and oxygen atoms in total. The molecule has 2 unspecified atom stereocenters. The summed E-state index contributed by atoms with van der Waals surface area (Å²) in [5.41, 5.74) is 2.87. The first-order chi connectivity index (χ1) is 9.15. The number of nitrogens with one attached hydrogen (secondary N) is 1. The second kappa shape index (κ2) is 4.71. The largest absolute Gasteiger partial charge is 0.388 e. The topological polar surface area (TPSA) is 32.3 Å². The van der Waals surface area contributed by atoms with E-state index >= 15 is 0 Å². The Kier molecular flexibility index (Phi) is 3.03. The van der Waals surface area contributed by atoms with Gasteiger partial charge < -0.3 is 10.4 Å². The summed E-state index contributed by atoms with van der Waals surface area (Å²) in [6.07, 6.45) is 1.55. The normalized spacial score (nSPS) is 20.4. The van der Waals surface area contributed by atoms with E-state index in [1.54, 1.807) is 0 Å². The number of anilines is 1. The van der Waals surface area contributed by atoms with Gasteiger partial charge in [-0.25, -0.2) is 0 Å². The Morgan fingerprint density at radius 1 is 1.11 bits per heavy atom. The molecule has 2 aromatic carbocycles. The molecule has 1 aliphatic rings. The fourth-order valence-electron chi connectivity index (χ4n) is 2.81. The number of hydrogen-bond donors (Lipinski definition) is 2. The molecule has 2 heteroatoms. The molecule has 0 saturated carbocycles. The van der Waals surface area contributed by atoms with Gasteiger partial charge in [0.2, 0.25) is 0 Å². The molecule has 0 fully saturated rings. The standard InChI is InChI=1S/C17H19NO/c1-17(19,12-13-7-3-2-4-8-13)16-11-14-9-5-6-10-15(14)18-16/h2-10,16,18-19H,11-12H2,1H3. The molecule has 2 N–H and O–H groups in total. The summed E-state index contributed by atoms with van der Waals surface area (Å²) in [6, 6.07) is 18.5. The minimum atomic E-state index is -0.750. The molecule has 98 valence electrons. The van der Waals surface area contributed by atoms with Crippen LogP contribution in [-0.2, 0) is 12.8 Å². The molecule has 1 aliphatic heterocycles. The van der Waals surface area contributed by atoms with Gasteiger partial charge in [0.1, 0.15) is 0 Å². The molecule has 0 aromatic heterocycles. The van der Waals surface area contributed by atoms with Gasteiger partial charge in [-0.1, -0.05) is 48.5 Å². The van der Waals surface area contributed by atoms with Gasteiger partial charge in [0.15, 0.2) is 0 Å². The third-order valence-electron chi connectivity index (χ3n) is 3.93. The van der Waals surface area contributed by atoms with Crippen molar-refractivity contribution in [2.24, 2.45) is 0 Å². The van der Waals surface area contributed by atoms with Crippen molar-refractivity contribution in [2.45, 2.75) is 31.4 Å². The zero-order valence-electron chi connectivity index (χ0n) is 11.1. The van der Waals surface area contributed by atoms with Gasteiger partial charge in [-0.05, 0) is 30.5 Å². The van der Waals surface area contributed by atoms with E-state index in [1.807, 2.05) is 31.2 Å².